The van der Waals surface area contributed by atoms with Gasteiger partial charge in [0.1, 0.15) is 11.9 Å². The molecular formula is C27H43FO. The number of alkyl halides is 1. The largest absolute Gasteiger partial charge is 0.494 e. The van der Waals surface area contributed by atoms with E-state index in [0.717, 1.165) is 44.0 Å². The van der Waals surface area contributed by atoms with E-state index in [4.69, 9.17) is 4.74 Å². The first-order valence-electron chi connectivity index (χ1n) is 12.6. The second-order valence-electron chi connectivity index (χ2n) is 9.81. The summed E-state index contributed by atoms with van der Waals surface area (Å²) < 4.78 is 20.7. The maximum absolute atomic E-state index is 15.0. The van der Waals surface area contributed by atoms with Gasteiger partial charge in [-0.3, -0.25) is 0 Å². The predicted octanol–water partition coefficient (Wildman–Crippen LogP) is 8.47. The van der Waals surface area contributed by atoms with Crippen molar-refractivity contribution < 1.29 is 9.13 Å². The van der Waals surface area contributed by atoms with Crippen LogP contribution in [-0.2, 0) is 0 Å². The van der Waals surface area contributed by atoms with Gasteiger partial charge in [-0.25, -0.2) is 4.39 Å². The lowest BCUT2D eigenvalue weighted by molar-refractivity contribution is 0.118. The molecule has 2 saturated carbocycles. The minimum absolute atomic E-state index is 0.348. The van der Waals surface area contributed by atoms with Crippen molar-refractivity contribution in [1.29, 1.82) is 0 Å². The van der Waals surface area contributed by atoms with Crippen LogP contribution in [0.5, 0.6) is 5.75 Å². The van der Waals surface area contributed by atoms with Crippen molar-refractivity contribution in [1.82, 2.24) is 0 Å². The molecule has 2 heteroatoms. The van der Waals surface area contributed by atoms with Crippen LogP contribution in [0, 0.1) is 17.8 Å². The van der Waals surface area contributed by atoms with Crippen LogP contribution in [0.2, 0.25) is 0 Å². The fourth-order valence-corrected chi connectivity index (χ4v) is 5.66. The van der Waals surface area contributed by atoms with Gasteiger partial charge in [-0.05, 0) is 92.7 Å². The van der Waals surface area contributed by atoms with Crippen molar-refractivity contribution in [3.05, 3.63) is 29.8 Å². The molecule has 0 heterocycles. The van der Waals surface area contributed by atoms with Crippen molar-refractivity contribution in [3.63, 3.8) is 0 Å². The second kappa shape index (κ2) is 12.0. The van der Waals surface area contributed by atoms with Crippen LogP contribution in [0.15, 0.2) is 24.3 Å². The molecule has 0 N–H and O–H groups in total. The van der Waals surface area contributed by atoms with Gasteiger partial charge in [0.25, 0.3) is 0 Å². The van der Waals surface area contributed by atoms with Crippen molar-refractivity contribution in [2.75, 3.05) is 6.61 Å². The molecule has 0 aromatic heterocycles. The predicted molar refractivity (Wildman–Crippen MR) is 121 cm³/mol. The Labute approximate surface area is 178 Å². The van der Waals surface area contributed by atoms with Crippen LogP contribution in [0.25, 0.3) is 0 Å². The zero-order valence-corrected chi connectivity index (χ0v) is 18.9. The molecule has 1 atom stereocenters. The quantitative estimate of drug-likeness (QED) is 0.357. The maximum atomic E-state index is 15.0. The van der Waals surface area contributed by atoms with Crippen LogP contribution in [0.3, 0.4) is 0 Å². The Morgan fingerprint density at radius 1 is 0.862 bits per heavy atom. The average molecular weight is 403 g/mol. The molecule has 164 valence electrons. The van der Waals surface area contributed by atoms with E-state index in [9.17, 15) is 4.39 Å². The maximum Gasteiger partial charge on any atom is 0.119 e. The summed E-state index contributed by atoms with van der Waals surface area (Å²) in [5.74, 6) is 3.47. The number of hydrogen-bond donors (Lipinski definition) is 0. The molecule has 3 rings (SSSR count). The van der Waals surface area contributed by atoms with E-state index >= 15 is 0 Å². The Morgan fingerprint density at radius 3 is 2.14 bits per heavy atom. The Balaban J connectivity index is 1.38. The van der Waals surface area contributed by atoms with Crippen molar-refractivity contribution in [2.45, 2.75) is 109 Å². The monoisotopic (exact) mass is 402 g/mol. The Morgan fingerprint density at radius 2 is 1.52 bits per heavy atom. The van der Waals surface area contributed by atoms with Gasteiger partial charge in [-0.2, -0.15) is 0 Å². The third kappa shape index (κ3) is 7.00. The lowest BCUT2D eigenvalue weighted by atomic mass is 9.73. The van der Waals surface area contributed by atoms with Gasteiger partial charge in [0.2, 0.25) is 0 Å². The van der Waals surface area contributed by atoms with E-state index in [1.165, 1.54) is 63.4 Å². The lowest BCUT2D eigenvalue weighted by Crippen LogP contribution is -2.26. The van der Waals surface area contributed by atoms with Crippen LogP contribution >= 0.6 is 0 Å². The summed E-state index contributed by atoms with van der Waals surface area (Å²) in [5.41, 5.74) is 1.44. The normalized spacial score (nSPS) is 28.8. The first-order chi connectivity index (χ1) is 14.2. The molecule has 1 nitrogen and oxygen atoms in total. The molecule has 1 aromatic rings. The van der Waals surface area contributed by atoms with Gasteiger partial charge in [-0.15, -0.1) is 0 Å². The van der Waals surface area contributed by atoms with E-state index in [0.29, 0.717) is 17.8 Å². The van der Waals surface area contributed by atoms with Gasteiger partial charge in [-0.1, -0.05) is 58.1 Å². The molecular weight excluding hydrogens is 359 g/mol. The van der Waals surface area contributed by atoms with E-state index in [2.05, 4.69) is 38.1 Å². The Bertz CT molecular complexity index is 552. The highest BCUT2D eigenvalue weighted by Crippen LogP contribution is 2.41. The van der Waals surface area contributed by atoms with E-state index in [-0.39, 0.29) is 0 Å². The first kappa shape index (κ1) is 22.6. The van der Waals surface area contributed by atoms with Crippen molar-refractivity contribution in [3.8, 4) is 5.75 Å². The Kier molecular flexibility index (Phi) is 9.34. The molecule has 0 amide bonds. The molecule has 0 aliphatic heterocycles. The molecule has 2 aliphatic carbocycles. The number of halogens is 1. The van der Waals surface area contributed by atoms with Crippen molar-refractivity contribution in [2.24, 2.45) is 17.8 Å². The molecule has 2 aliphatic rings. The molecule has 29 heavy (non-hydrogen) atoms. The number of rotatable bonds is 10. The van der Waals surface area contributed by atoms with Gasteiger partial charge in [0, 0.05) is 0 Å². The molecule has 0 bridgehead atoms. The van der Waals surface area contributed by atoms with Gasteiger partial charge in [0.15, 0.2) is 0 Å². The highest BCUT2D eigenvalue weighted by atomic mass is 19.1. The minimum Gasteiger partial charge on any atom is -0.494 e. The fraction of sp³-hybridized carbons (Fsp3) is 0.778. The van der Waals surface area contributed by atoms with Crippen LogP contribution in [0.1, 0.15) is 109 Å². The highest BCUT2D eigenvalue weighted by molar-refractivity contribution is 5.29. The molecule has 0 saturated heterocycles. The van der Waals surface area contributed by atoms with Crippen LogP contribution < -0.4 is 4.74 Å². The number of ether oxygens (including phenoxy) is 1. The summed E-state index contributed by atoms with van der Waals surface area (Å²) in [6.07, 6.45) is 14.8. The number of benzene rings is 1. The first-order valence-corrected chi connectivity index (χ1v) is 12.6. The SMILES string of the molecule is CCCCOc1ccc([C@H]2CC[C@H](CC(F)[C@H]3CC[C@H](CCC)CC3)CC2)cc1. The lowest BCUT2D eigenvalue weighted by Gasteiger charge is -2.34. The van der Waals surface area contributed by atoms with Crippen LogP contribution in [0.4, 0.5) is 4.39 Å². The third-order valence-electron chi connectivity index (χ3n) is 7.62. The highest BCUT2D eigenvalue weighted by Gasteiger charge is 2.31. The standard InChI is InChI=1S/C27H43FO/c1-3-5-19-29-26-17-15-24(16-18-26)23-11-9-22(10-12-23)20-27(28)25-13-7-21(6-4-2)8-14-25/h15-18,21-23,25,27H,3-14,19-20H2,1-2H3/t21-,22-,23-,25-,27?. The van der Waals surface area contributed by atoms with Gasteiger partial charge < -0.3 is 4.74 Å². The molecule has 0 radical (unpaired) electrons. The Hall–Kier alpha value is -1.05. The molecule has 1 unspecified atom stereocenters. The van der Waals surface area contributed by atoms with Crippen molar-refractivity contribution >= 4 is 0 Å². The summed E-state index contributed by atoms with van der Waals surface area (Å²) in [7, 11) is 0. The minimum atomic E-state index is -0.557. The zero-order valence-electron chi connectivity index (χ0n) is 18.9. The topological polar surface area (TPSA) is 9.23 Å². The summed E-state index contributed by atoms with van der Waals surface area (Å²) in [6, 6.07) is 8.76. The third-order valence-corrected chi connectivity index (χ3v) is 7.62. The molecule has 1 aromatic carbocycles. The van der Waals surface area contributed by atoms with Gasteiger partial charge >= 0.3 is 0 Å². The van der Waals surface area contributed by atoms with E-state index in [1.807, 2.05) is 0 Å². The number of unbranched alkanes of at least 4 members (excludes halogenated alkanes) is 1. The molecule has 2 fully saturated rings. The zero-order chi connectivity index (χ0) is 20.5. The summed E-state index contributed by atoms with van der Waals surface area (Å²) in [4.78, 5) is 0. The van der Waals surface area contributed by atoms with E-state index < -0.39 is 6.17 Å². The van der Waals surface area contributed by atoms with Gasteiger partial charge in [0.05, 0.1) is 6.61 Å². The number of hydrogen-bond acceptors (Lipinski definition) is 1. The second-order valence-corrected chi connectivity index (χ2v) is 9.81. The average Bonchev–Trinajstić information content (AvgIpc) is 2.76. The summed E-state index contributed by atoms with van der Waals surface area (Å²) >= 11 is 0. The summed E-state index contributed by atoms with van der Waals surface area (Å²) in [5, 5.41) is 0. The fourth-order valence-electron chi connectivity index (χ4n) is 5.66. The van der Waals surface area contributed by atoms with E-state index in [1.54, 1.807) is 0 Å². The smallest absolute Gasteiger partial charge is 0.119 e. The summed E-state index contributed by atoms with van der Waals surface area (Å²) in [6.45, 7) is 5.27. The molecule has 0 spiro atoms. The van der Waals surface area contributed by atoms with Crippen LogP contribution in [-0.4, -0.2) is 12.8 Å².